The number of aromatic hydroxyl groups is 2. The van der Waals surface area contributed by atoms with Gasteiger partial charge in [-0.15, -0.1) is 0 Å². The zero-order valence-corrected chi connectivity index (χ0v) is 23.6. The number of phenolic OH excluding ortho intramolecular Hbond substituents is 2. The van der Waals surface area contributed by atoms with Crippen molar-refractivity contribution in [2.75, 3.05) is 39.3 Å². The molecule has 0 aliphatic rings. The summed E-state index contributed by atoms with van der Waals surface area (Å²) in [7, 11) is 0. The molecule has 214 valence electrons. The lowest BCUT2D eigenvalue weighted by molar-refractivity contribution is 0.0934. The third-order valence-corrected chi connectivity index (χ3v) is 6.87. The van der Waals surface area contributed by atoms with Crippen LogP contribution in [0, 0.1) is 0 Å². The smallest absolute Gasteiger partial charge is 0.255 e. The fourth-order valence-electron chi connectivity index (χ4n) is 4.52. The maximum atomic E-state index is 12.6. The molecule has 8 heteroatoms. The highest BCUT2D eigenvalue weighted by Crippen LogP contribution is 2.27. The van der Waals surface area contributed by atoms with Gasteiger partial charge in [0.25, 0.3) is 11.8 Å². The molecule has 0 fully saturated rings. The Morgan fingerprint density at radius 3 is 1.38 bits per heavy atom. The average Bonchev–Trinajstić information content (AvgIpc) is 2.97. The predicted octanol–water partition coefficient (Wildman–Crippen LogP) is 4.38. The monoisotopic (exact) mass is 546 g/mol. The zero-order valence-electron chi connectivity index (χ0n) is 23.6. The molecule has 0 aliphatic carbocycles. The Labute approximate surface area is 237 Å². The van der Waals surface area contributed by atoms with Gasteiger partial charge in [0.15, 0.2) is 0 Å². The molecule has 40 heavy (non-hydrogen) atoms. The first-order chi connectivity index (χ1) is 19.4. The van der Waals surface area contributed by atoms with Gasteiger partial charge in [0.2, 0.25) is 0 Å². The van der Waals surface area contributed by atoms with Gasteiger partial charge in [-0.3, -0.25) is 19.4 Å². The van der Waals surface area contributed by atoms with E-state index in [9.17, 15) is 19.8 Å². The molecule has 0 atom stereocenters. The van der Waals surface area contributed by atoms with Crippen LogP contribution in [0.25, 0.3) is 0 Å². The summed E-state index contributed by atoms with van der Waals surface area (Å²) < 4.78 is 0. The van der Waals surface area contributed by atoms with Crippen molar-refractivity contribution >= 4 is 11.8 Å². The molecule has 3 aromatic carbocycles. The van der Waals surface area contributed by atoms with Crippen LogP contribution in [-0.4, -0.2) is 71.1 Å². The van der Waals surface area contributed by atoms with Crippen molar-refractivity contribution in [1.82, 2.24) is 20.4 Å². The molecule has 0 aromatic heterocycles. The van der Waals surface area contributed by atoms with Crippen molar-refractivity contribution in [3.63, 3.8) is 0 Å². The Hall–Kier alpha value is -3.88. The molecular weight excluding hydrogens is 504 g/mol. The number of hydrogen-bond donors (Lipinski definition) is 4. The van der Waals surface area contributed by atoms with Crippen molar-refractivity contribution in [3.05, 3.63) is 95.1 Å². The number of nitrogens with zero attached hydrogens (tertiary/aromatic N) is 2. The molecule has 0 heterocycles. The first-order valence-corrected chi connectivity index (χ1v) is 14.1. The summed E-state index contributed by atoms with van der Waals surface area (Å²) in [6.07, 6.45) is 1.47. The van der Waals surface area contributed by atoms with E-state index in [0.717, 1.165) is 64.2 Å². The maximum absolute atomic E-state index is 12.6. The summed E-state index contributed by atoms with van der Waals surface area (Å²) in [6, 6.07) is 22.7. The largest absolute Gasteiger partial charge is 0.507 e. The van der Waals surface area contributed by atoms with E-state index in [1.807, 2.05) is 36.4 Å². The Bertz CT molecular complexity index is 1110. The first-order valence-electron chi connectivity index (χ1n) is 14.1. The van der Waals surface area contributed by atoms with Gasteiger partial charge >= 0.3 is 0 Å². The van der Waals surface area contributed by atoms with Gasteiger partial charge in [-0.1, -0.05) is 74.5 Å². The molecule has 8 nitrogen and oxygen atoms in total. The van der Waals surface area contributed by atoms with Crippen LogP contribution < -0.4 is 10.6 Å². The van der Waals surface area contributed by atoms with Gasteiger partial charge in [-0.25, -0.2) is 0 Å². The van der Waals surface area contributed by atoms with E-state index in [1.165, 1.54) is 11.1 Å². The highest BCUT2D eigenvalue weighted by Gasteiger charge is 2.19. The van der Waals surface area contributed by atoms with E-state index in [2.05, 4.69) is 58.5 Å². The van der Waals surface area contributed by atoms with Gasteiger partial charge in [0.05, 0.1) is 11.1 Å². The summed E-state index contributed by atoms with van der Waals surface area (Å²) in [5, 5.41) is 26.4. The minimum Gasteiger partial charge on any atom is -0.507 e. The standard InChI is InChI=1S/C32H42N4O4/c1-3-35(23-25-13-7-5-8-14-25)19-11-17-33-31(39)27-21-30(38)28(22-29(27)37)32(40)34-18-12-20-36(4-2)24-26-15-9-6-10-16-26/h5-10,13-16,21-22,37-38H,3-4,11-12,17-20,23-24H2,1-2H3,(H,33,39)(H,34,40). The minimum atomic E-state index is -0.496. The number of hydrogen-bond acceptors (Lipinski definition) is 6. The third-order valence-electron chi connectivity index (χ3n) is 6.87. The van der Waals surface area contributed by atoms with Crippen molar-refractivity contribution in [3.8, 4) is 11.5 Å². The molecule has 3 aromatic rings. The van der Waals surface area contributed by atoms with E-state index >= 15 is 0 Å². The van der Waals surface area contributed by atoms with Crippen LogP contribution >= 0.6 is 0 Å². The van der Waals surface area contributed by atoms with E-state index < -0.39 is 11.8 Å². The normalized spacial score (nSPS) is 11.1. The molecule has 0 saturated heterocycles. The van der Waals surface area contributed by atoms with Crippen LogP contribution in [0.1, 0.15) is 58.5 Å². The first kappa shape index (κ1) is 30.7. The summed E-state index contributed by atoms with van der Waals surface area (Å²) in [4.78, 5) is 29.9. The Morgan fingerprint density at radius 1 is 0.650 bits per heavy atom. The van der Waals surface area contributed by atoms with E-state index in [-0.39, 0.29) is 22.6 Å². The third kappa shape index (κ3) is 9.70. The summed E-state index contributed by atoms with van der Waals surface area (Å²) >= 11 is 0. The summed E-state index contributed by atoms with van der Waals surface area (Å²) in [5.41, 5.74) is 2.35. The van der Waals surface area contributed by atoms with Crippen molar-refractivity contribution in [2.24, 2.45) is 0 Å². The van der Waals surface area contributed by atoms with Crippen LogP contribution in [0.4, 0.5) is 0 Å². The fraction of sp³-hybridized carbons (Fsp3) is 0.375. The number of carbonyl (C=O) groups is 2. The van der Waals surface area contributed by atoms with Crippen LogP contribution in [0.15, 0.2) is 72.8 Å². The number of carbonyl (C=O) groups excluding carboxylic acids is 2. The molecule has 4 N–H and O–H groups in total. The second kappa shape index (κ2) is 16.3. The molecule has 3 rings (SSSR count). The van der Waals surface area contributed by atoms with Crippen LogP contribution in [0.5, 0.6) is 11.5 Å². The molecular formula is C32H42N4O4. The lowest BCUT2D eigenvalue weighted by Crippen LogP contribution is -2.30. The van der Waals surface area contributed by atoms with Crippen molar-refractivity contribution < 1.29 is 19.8 Å². The number of nitrogens with one attached hydrogen (secondary N) is 2. The van der Waals surface area contributed by atoms with Gasteiger partial charge in [-0.05, 0) is 49.2 Å². The minimum absolute atomic E-state index is 0.0646. The molecule has 0 radical (unpaired) electrons. The zero-order chi connectivity index (χ0) is 28.7. The van der Waals surface area contributed by atoms with Gasteiger partial charge in [-0.2, -0.15) is 0 Å². The molecule has 0 saturated carbocycles. The van der Waals surface area contributed by atoms with E-state index in [4.69, 9.17) is 0 Å². The van der Waals surface area contributed by atoms with Crippen LogP contribution in [-0.2, 0) is 13.1 Å². The number of rotatable bonds is 16. The summed E-state index contributed by atoms with van der Waals surface area (Å²) in [6.45, 7) is 10.1. The quantitative estimate of drug-likeness (QED) is 0.157. The topological polar surface area (TPSA) is 105 Å². The number of benzene rings is 3. The number of phenols is 2. The van der Waals surface area contributed by atoms with Gasteiger partial charge in [0.1, 0.15) is 11.5 Å². The lowest BCUT2D eigenvalue weighted by atomic mass is 10.1. The van der Waals surface area contributed by atoms with E-state index in [1.54, 1.807) is 0 Å². The van der Waals surface area contributed by atoms with Crippen LogP contribution in [0.2, 0.25) is 0 Å². The lowest BCUT2D eigenvalue weighted by Gasteiger charge is -2.20. The molecule has 2 amide bonds. The Balaban J connectivity index is 1.43. The van der Waals surface area contributed by atoms with Crippen LogP contribution in [0.3, 0.4) is 0 Å². The molecule has 0 spiro atoms. The van der Waals surface area contributed by atoms with Crippen molar-refractivity contribution in [1.29, 1.82) is 0 Å². The highest BCUT2D eigenvalue weighted by atomic mass is 16.3. The van der Waals surface area contributed by atoms with Gasteiger partial charge < -0.3 is 20.8 Å². The second-order valence-corrected chi connectivity index (χ2v) is 9.81. The molecule has 0 aliphatic heterocycles. The molecule has 0 unspecified atom stereocenters. The average molecular weight is 547 g/mol. The molecule has 0 bridgehead atoms. The predicted molar refractivity (Wildman–Crippen MR) is 158 cm³/mol. The van der Waals surface area contributed by atoms with Gasteiger partial charge in [0, 0.05) is 39.3 Å². The fourth-order valence-corrected chi connectivity index (χ4v) is 4.52. The second-order valence-electron chi connectivity index (χ2n) is 9.81. The highest BCUT2D eigenvalue weighted by molar-refractivity contribution is 6.02. The van der Waals surface area contributed by atoms with E-state index in [0.29, 0.717) is 13.1 Å². The maximum Gasteiger partial charge on any atom is 0.255 e. The Morgan fingerprint density at radius 2 is 1.02 bits per heavy atom. The van der Waals surface area contributed by atoms with Crippen molar-refractivity contribution in [2.45, 2.75) is 39.8 Å². The summed E-state index contributed by atoms with van der Waals surface area (Å²) in [5.74, 6) is -1.69. The Kier molecular flexibility index (Phi) is 12.5. The SMILES string of the molecule is CCN(CCCNC(=O)c1cc(O)c(C(=O)NCCCN(CC)Cc2ccccc2)cc1O)Cc1ccccc1. The number of amides is 2.